The van der Waals surface area contributed by atoms with E-state index in [-0.39, 0.29) is 22.9 Å². The lowest BCUT2D eigenvalue weighted by atomic mass is 10.2. The van der Waals surface area contributed by atoms with Gasteiger partial charge in [0.2, 0.25) is 0 Å². The molecule has 0 bridgehead atoms. The molecular formula is C18H17NO7. The van der Waals surface area contributed by atoms with E-state index >= 15 is 0 Å². The number of aromatic hydroxyl groups is 4. The molecule has 1 unspecified atom stereocenters. The minimum absolute atomic E-state index is 0.225. The molecule has 2 aromatic carbocycles. The largest absolute Gasteiger partial charge is 0.504 e. The topological polar surface area (TPSA) is 136 Å². The predicted octanol–water partition coefficient (Wildman–Crippen LogP) is 2.09. The molecule has 26 heavy (non-hydrogen) atoms. The van der Waals surface area contributed by atoms with E-state index in [4.69, 9.17) is 4.74 Å². The number of phenols is 4. The van der Waals surface area contributed by atoms with Crippen LogP contribution in [0, 0.1) is 0 Å². The van der Waals surface area contributed by atoms with Crippen molar-refractivity contribution in [1.82, 2.24) is 0 Å². The maximum Gasteiger partial charge on any atom is 0.331 e. The van der Waals surface area contributed by atoms with Crippen LogP contribution in [-0.2, 0) is 14.3 Å². The van der Waals surface area contributed by atoms with Gasteiger partial charge in [-0.2, -0.15) is 0 Å². The van der Waals surface area contributed by atoms with Crippen molar-refractivity contribution in [3.63, 3.8) is 0 Å². The molecule has 2 aromatic rings. The second-order valence-electron chi connectivity index (χ2n) is 5.35. The summed E-state index contributed by atoms with van der Waals surface area (Å²) < 4.78 is 4.95. The number of anilines is 1. The Morgan fingerprint density at radius 3 is 2.19 bits per heavy atom. The average molecular weight is 359 g/mol. The van der Waals surface area contributed by atoms with Crippen LogP contribution in [0.5, 0.6) is 23.0 Å². The van der Waals surface area contributed by atoms with Crippen molar-refractivity contribution in [2.45, 2.75) is 13.0 Å². The normalized spacial score (nSPS) is 11.9. The van der Waals surface area contributed by atoms with Crippen LogP contribution in [-0.4, -0.2) is 38.4 Å². The predicted molar refractivity (Wildman–Crippen MR) is 92.8 cm³/mol. The molecule has 0 saturated heterocycles. The van der Waals surface area contributed by atoms with Crippen LogP contribution in [0.25, 0.3) is 6.08 Å². The van der Waals surface area contributed by atoms with Crippen LogP contribution in [0.2, 0.25) is 0 Å². The lowest BCUT2D eigenvalue weighted by molar-refractivity contribution is -0.148. The molecule has 136 valence electrons. The zero-order chi connectivity index (χ0) is 19.3. The number of carbonyl (C=O) groups excluding carboxylic acids is 2. The molecule has 0 aromatic heterocycles. The number of esters is 1. The van der Waals surface area contributed by atoms with E-state index in [1.807, 2.05) is 0 Å². The molecule has 5 N–H and O–H groups in total. The van der Waals surface area contributed by atoms with Gasteiger partial charge >= 0.3 is 5.97 Å². The van der Waals surface area contributed by atoms with Gasteiger partial charge in [0.05, 0.1) is 0 Å². The van der Waals surface area contributed by atoms with Crippen molar-refractivity contribution >= 4 is 23.6 Å². The highest BCUT2D eigenvalue weighted by Gasteiger charge is 2.17. The van der Waals surface area contributed by atoms with Crippen LogP contribution >= 0.6 is 0 Å². The summed E-state index contributed by atoms with van der Waals surface area (Å²) in [5.41, 5.74) is 0.678. The Balaban J connectivity index is 1.92. The molecule has 0 saturated carbocycles. The van der Waals surface area contributed by atoms with Crippen molar-refractivity contribution < 1.29 is 34.8 Å². The first-order valence-electron chi connectivity index (χ1n) is 7.50. The third-order valence-corrected chi connectivity index (χ3v) is 3.32. The van der Waals surface area contributed by atoms with E-state index in [1.165, 1.54) is 43.3 Å². The maximum atomic E-state index is 12.0. The van der Waals surface area contributed by atoms with Gasteiger partial charge in [-0.15, -0.1) is 0 Å². The SMILES string of the molecule is CC(OC(=O)C=Cc1ccc(O)c(O)c1)C(=O)Nc1ccc(O)c(O)c1. The van der Waals surface area contributed by atoms with E-state index in [9.17, 15) is 30.0 Å². The molecule has 0 aliphatic carbocycles. The quantitative estimate of drug-likeness (QED) is 0.239. The van der Waals surface area contributed by atoms with Gasteiger partial charge in [-0.3, -0.25) is 4.79 Å². The molecular weight excluding hydrogens is 342 g/mol. The van der Waals surface area contributed by atoms with E-state index in [0.29, 0.717) is 5.56 Å². The summed E-state index contributed by atoms with van der Waals surface area (Å²) in [4.78, 5) is 23.7. The standard InChI is InChI=1S/C18H17NO7/c1-10(18(25)19-12-4-6-14(21)16(23)9-12)26-17(24)7-3-11-2-5-13(20)15(22)8-11/h2-10,20-23H,1H3,(H,19,25). The number of benzene rings is 2. The van der Waals surface area contributed by atoms with E-state index in [0.717, 1.165) is 12.1 Å². The maximum absolute atomic E-state index is 12.0. The van der Waals surface area contributed by atoms with Crippen molar-refractivity contribution in [3.05, 3.63) is 48.0 Å². The molecule has 0 fully saturated rings. The molecule has 0 aliphatic heterocycles. The first kappa shape index (κ1) is 18.7. The Morgan fingerprint density at radius 2 is 1.58 bits per heavy atom. The van der Waals surface area contributed by atoms with Crippen LogP contribution < -0.4 is 5.32 Å². The average Bonchev–Trinajstić information content (AvgIpc) is 2.59. The van der Waals surface area contributed by atoms with Crippen LogP contribution in [0.1, 0.15) is 12.5 Å². The summed E-state index contributed by atoms with van der Waals surface area (Å²) in [5.74, 6) is -2.74. The summed E-state index contributed by atoms with van der Waals surface area (Å²) >= 11 is 0. The lowest BCUT2D eigenvalue weighted by Crippen LogP contribution is -2.29. The third-order valence-electron chi connectivity index (χ3n) is 3.32. The number of carbonyl (C=O) groups is 2. The van der Waals surface area contributed by atoms with Gasteiger partial charge in [0.15, 0.2) is 29.1 Å². The van der Waals surface area contributed by atoms with E-state index in [2.05, 4.69) is 5.32 Å². The Labute approximate surface area is 148 Å². The summed E-state index contributed by atoms with van der Waals surface area (Å²) in [6, 6.07) is 7.73. The fraction of sp³-hybridized carbons (Fsp3) is 0.111. The number of hydrogen-bond acceptors (Lipinski definition) is 7. The number of nitrogens with one attached hydrogen (secondary N) is 1. The van der Waals surface area contributed by atoms with Crippen LogP contribution in [0.4, 0.5) is 5.69 Å². The number of rotatable bonds is 5. The Morgan fingerprint density at radius 1 is 0.962 bits per heavy atom. The molecule has 8 heteroatoms. The molecule has 1 atom stereocenters. The van der Waals surface area contributed by atoms with Gasteiger partial charge in [-0.25, -0.2) is 4.79 Å². The monoisotopic (exact) mass is 359 g/mol. The third kappa shape index (κ3) is 4.91. The number of ether oxygens (including phenoxy) is 1. The summed E-state index contributed by atoms with van der Waals surface area (Å²) in [6.45, 7) is 1.37. The Hall–Kier alpha value is -3.68. The highest BCUT2D eigenvalue weighted by molar-refractivity contribution is 5.96. The minimum Gasteiger partial charge on any atom is -0.504 e. The van der Waals surface area contributed by atoms with Crippen molar-refractivity contribution in [2.75, 3.05) is 5.32 Å². The van der Waals surface area contributed by atoms with Crippen LogP contribution in [0.3, 0.4) is 0 Å². The van der Waals surface area contributed by atoms with E-state index < -0.39 is 23.7 Å². The second kappa shape index (κ2) is 7.93. The van der Waals surface area contributed by atoms with Gasteiger partial charge in [-0.05, 0) is 42.8 Å². The fourth-order valence-electron chi connectivity index (χ4n) is 1.92. The summed E-state index contributed by atoms with van der Waals surface area (Å²) in [6.07, 6.45) is 1.31. The smallest absolute Gasteiger partial charge is 0.331 e. The number of hydrogen-bond donors (Lipinski definition) is 5. The van der Waals surface area contributed by atoms with E-state index in [1.54, 1.807) is 0 Å². The summed E-state index contributed by atoms with van der Waals surface area (Å²) in [7, 11) is 0. The molecule has 0 heterocycles. The molecule has 0 radical (unpaired) electrons. The van der Waals surface area contributed by atoms with Crippen molar-refractivity contribution in [3.8, 4) is 23.0 Å². The van der Waals surface area contributed by atoms with Gasteiger partial charge < -0.3 is 30.5 Å². The Kier molecular flexibility index (Phi) is 5.69. The molecule has 8 nitrogen and oxygen atoms in total. The number of amides is 1. The lowest BCUT2D eigenvalue weighted by Gasteiger charge is -2.12. The van der Waals surface area contributed by atoms with Gasteiger partial charge in [0.25, 0.3) is 5.91 Å². The number of phenolic OH excluding ortho intramolecular Hbond substituents is 4. The van der Waals surface area contributed by atoms with Gasteiger partial charge in [0.1, 0.15) is 0 Å². The highest BCUT2D eigenvalue weighted by atomic mass is 16.5. The Bertz CT molecular complexity index is 861. The van der Waals surface area contributed by atoms with Crippen LogP contribution in [0.15, 0.2) is 42.5 Å². The minimum atomic E-state index is -1.11. The fourth-order valence-corrected chi connectivity index (χ4v) is 1.92. The molecule has 0 aliphatic rings. The van der Waals surface area contributed by atoms with Crippen molar-refractivity contribution in [2.24, 2.45) is 0 Å². The first-order chi connectivity index (χ1) is 12.3. The zero-order valence-corrected chi connectivity index (χ0v) is 13.7. The van der Waals surface area contributed by atoms with Gasteiger partial charge in [0, 0.05) is 17.8 Å². The summed E-state index contributed by atoms with van der Waals surface area (Å²) in [5, 5.41) is 39.6. The molecule has 2 rings (SSSR count). The van der Waals surface area contributed by atoms with Gasteiger partial charge in [-0.1, -0.05) is 6.07 Å². The molecule has 1 amide bonds. The second-order valence-corrected chi connectivity index (χ2v) is 5.35. The first-order valence-corrected chi connectivity index (χ1v) is 7.50. The molecule has 0 spiro atoms. The van der Waals surface area contributed by atoms with Crippen molar-refractivity contribution in [1.29, 1.82) is 0 Å². The zero-order valence-electron chi connectivity index (χ0n) is 13.7. The highest BCUT2D eigenvalue weighted by Crippen LogP contribution is 2.27.